The van der Waals surface area contributed by atoms with Crippen LogP contribution in [0.3, 0.4) is 0 Å². The normalized spacial score (nSPS) is 11.4. The van der Waals surface area contributed by atoms with Crippen LogP contribution in [0.1, 0.15) is 60.8 Å². The summed E-state index contributed by atoms with van der Waals surface area (Å²) in [5, 5.41) is 2.62. The number of epoxide rings is 1. The van der Waals surface area contributed by atoms with E-state index in [9.17, 15) is 0 Å². The van der Waals surface area contributed by atoms with E-state index in [2.05, 4.69) is 90.1 Å². The first-order valence-electron chi connectivity index (χ1n) is 11.7. The summed E-state index contributed by atoms with van der Waals surface area (Å²) < 4.78 is 42.4. The van der Waals surface area contributed by atoms with Crippen LogP contribution >= 0.6 is 0 Å². The number of benzene rings is 3. The van der Waals surface area contributed by atoms with Gasteiger partial charge in [0.1, 0.15) is 18.5 Å². The summed E-state index contributed by atoms with van der Waals surface area (Å²) >= 11 is 0. The Bertz CT molecular complexity index is 671. The van der Waals surface area contributed by atoms with E-state index in [-0.39, 0.29) is 4.70 Å². The van der Waals surface area contributed by atoms with Crippen molar-refractivity contribution in [1.82, 2.24) is 0 Å². The molecular formula is C28H43F5O2. The van der Waals surface area contributed by atoms with Crippen LogP contribution in [0, 0.1) is 0 Å². The van der Waals surface area contributed by atoms with Gasteiger partial charge in [0.15, 0.2) is 0 Å². The molecule has 202 valence electrons. The third-order valence-corrected chi connectivity index (χ3v) is 3.24. The lowest BCUT2D eigenvalue weighted by Crippen LogP contribution is -2.03. The molecule has 1 aliphatic rings. The van der Waals surface area contributed by atoms with Gasteiger partial charge in [0, 0.05) is 18.3 Å². The minimum absolute atomic E-state index is 0. The van der Waals surface area contributed by atoms with E-state index >= 15 is 0 Å². The fourth-order valence-corrected chi connectivity index (χ4v) is 2.00. The molecule has 1 saturated heterocycles. The monoisotopic (exact) mass is 506 g/mol. The van der Waals surface area contributed by atoms with Gasteiger partial charge in [-0.25, -0.2) is 0 Å². The molecule has 0 N–H and O–H groups in total. The Kier molecular flexibility index (Phi) is 37.8. The molecule has 4 rings (SSSR count). The van der Waals surface area contributed by atoms with Crippen LogP contribution in [-0.4, -0.2) is 19.3 Å². The summed E-state index contributed by atoms with van der Waals surface area (Å²) in [6, 6.07) is 26.5. The first-order valence-corrected chi connectivity index (χ1v) is 11.7. The van der Waals surface area contributed by atoms with Crippen LogP contribution in [0.15, 0.2) is 78.9 Å². The van der Waals surface area contributed by atoms with Crippen molar-refractivity contribution in [2.24, 2.45) is 0 Å². The molecule has 1 atom stereocenters. The standard InChI is InChI=1S/C10H8.C9H10O2.3C3H8.2F2.FH/c1-2-6-10-8-4-3-7-9(10)5-1;1-2-4-8(5-3-1)10-6-9-7-11-9;3*1-3-2;2*1-2;/h1-8H;1-5,9H,6-7H2;3*3H2,1-2H3;;;1H. The summed E-state index contributed by atoms with van der Waals surface area (Å²) in [5.74, 6) is 0.919. The highest BCUT2D eigenvalue weighted by atomic mass is 20.0. The van der Waals surface area contributed by atoms with E-state index in [1.807, 2.05) is 30.3 Å². The molecule has 0 amide bonds. The van der Waals surface area contributed by atoms with Crippen LogP contribution in [0.25, 0.3) is 10.8 Å². The Balaban J connectivity index is -0.000000184. The SMILES string of the molecule is CCC.CCC.CCC.F.FF.FF.c1ccc(OCC2CO2)cc1.c1ccc2ccccc2c1. The maximum absolute atomic E-state index is 8.00. The van der Waals surface area contributed by atoms with Crippen LogP contribution in [0.5, 0.6) is 5.75 Å². The van der Waals surface area contributed by atoms with Crippen LogP contribution in [0.2, 0.25) is 0 Å². The molecule has 1 unspecified atom stereocenters. The summed E-state index contributed by atoms with van der Waals surface area (Å²) in [4.78, 5) is 0. The molecule has 3 aromatic carbocycles. The fraction of sp³-hybridized carbons (Fsp3) is 0.429. The second kappa shape index (κ2) is 33.5. The molecule has 1 heterocycles. The van der Waals surface area contributed by atoms with Crippen molar-refractivity contribution >= 4 is 10.8 Å². The zero-order valence-electron chi connectivity index (χ0n) is 21.9. The number of hydrogen-bond acceptors (Lipinski definition) is 2. The van der Waals surface area contributed by atoms with Gasteiger partial charge in [0.05, 0.1) is 6.61 Å². The largest absolute Gasteiger partial charge is 0.491 e. The molecule has 3 aromatic rings. The number of ether oxygens (including phenoxy) is 2. The van der Waals surface area contributed by atoms with Gasteiger partial charge in [0.25, 0.3) is 0 Å². The van der Waals surface area contributed by atoms with Crippen molar-refractivity contribution < 1.29 is 32.5 Å². The summed E-state index contributed by atoms with van der Waals surface area (Å²) in [5.41, 5.74) is 0. The lowest BCUT2D eigenvalue weighted by Gasteiger charge is -2.01. The highest BCUT2D eigenvalue weighted by molar-refractivity contribution is 5.81. The predicted octanol–water partition coefficient (Wildman–Crippen LogP) is 10.4. The molecule has 0 aromatic heterocycles. The van der Waals surface area contributed by atoms with Crippen LogP contribution in [-0.2, 0) is 4.74 Å². The zero-order valence-corrected chi connectivity index (χ0v) is 21.9. The van der Waals surface area contributed by atoms with Crippen molar-refractivity contribution in [3.8, 4) is 5.75 Å². The lowest BCUT2D eigenvalue weighted by molar-refractivity contribution is 0.108. The maximum atomic E-state index is 8.00. The lowest BCUT2D eigenvalue weighted by atomic mass is 10.1. The third-order valence-electron chi connectivity index (χ3n) is 3.24. The number of rotatable bonds is 3. The Morgan fingerprint density at radius 3 is 1.20 bits per heavy atom. The molecule has 2 nitrogen and oxygen atoms in total. The van der Waals surface area contributed by atoms with E-state index < -0.39 is 0 Å². The van der Waals surface area contributed by atoms with Crippen LogP contribution < -0.4 is 4.74 Å². The zero-order chi connectivity index (χ0) is 26.5. The molecule has 0 spiro atoms. The third kappa shape index (κ3) is 27.5. The first-order chi connectivity index (χ1) is 16.7. The number of hydrogen-bond donors (Lipinski definition) is 0. The number of fused-ring (bicyclic) bond motifs is 1. The smallest absolute Gasteiger partial charge is 0.119 e. The predicted molar refractivity (Wildman–Crippen MR) is 140 cm³/mol. The van der Waals surface area contributed by atoms with E-state index in [0.29, 0.717) is 12.7 Å². The van der Waals surface area contributed by atoms with Crippen molar-refractivity contribution in [3.05, 3.63) is 78.9 Å². The van der Waals surface area contributed by atoms with Crippen molar-refractivity contribution in [1.29, 1.82) is 0 Å². The van der Waals surface area contributed by atoms with E-state index in [1.165, 1.54) is 30.0 Å². The molecule has 0 bridgehead atoms. The first kappa shape index (κ1) is 39.5. The topological polar surface area (TPSA) is 21.8 Å². The molecular weight excluding hydrogens is 463 g/mol. The second-order valence-electron chi connectivity index (χ2n) is 7.05. The molecule has 0 radical (unpaired) electrons. The minimum Gasteiger partial charge on any atom is -0.491 e. The second-order valence-corrected chi connectivity index (χ2v) is 7.05. The molecule has 0 aliphatic carbocycles. The highest BCUT2D eigenvalue weighted by Gasteiger charge is 2.22. The van der Waals surface area contributed by atoms with Crippen molar-refractivity contribution in [2.75, 3.05) is 13.2 Å². The summed E-state index contributed by atoms with van der Waals surface area (Å²) in [7, 11) is 0. The van der Waals surface area contributed by atoms with Gasteiger partial charge < -0.3 is 9.47 Å². The van der Waals surface area contributed by atoms with E-state index in [1.54, 1.807) is 0 Å². The summed E-state index contributed by atoms with van der Waals surface area (Å²) in [6.07, 6.45) is 4.09. The van der Waals surface area contributed by atoms with Crippen molar-refractivity contribution in [2.45, 2.75) is 66.9 Å². The Hall–Kier alpha value is -2.67. The Labute approximate surface area is 208 Å². The molecule has 1 fully saturated rings. The van der Waals surface area contributed by atoms with Gasteiger partial charge in [-0.1, -0.05) is 128 Å². The average molecular weight is 507 g/mol. The Morgan fingerprint density at radius 1 is 0.629 bits per heavy atom. The minimum atomic E-state index is 0. The summed E-state index contributed by atoms with van der Waals surface area (Å²) in [6.45, 7) is 14.3. The van der Waals surface area contributed by atoms with Gasteiger partial charge in [-0.2, -0.15) is 0 Å². The molecule has 35 heavy (non-hydrogen) atoms. The van der Waals surface area contributed by atoms with Gasteiger partial charge in [-0.3, -0.25) is 4.70 Å². The quantitative estimate of drug-likeness (QED) is 0.260. The highest BCUT2D eigenvalue weighted by Crippen LogP contribution is 2.13. The van der Waals surface area contributed by atoms with Gasteiger partial charge in [-0.15, -0.1) is 0 Å². The molecule has 7 heteroatoms. The van der Waals surface area contributed by atoms with Gasteiger partial charge in [-0.05, 0) is 22.9 Å². The van der Waals surface area contributed by atoms with Gasteiger partial charge in [0.2, 0.25) is 0 Å². The Morgan fingerprint density at radius 2 is 0.914 bits per heavy atom. The van der Waals surface area contributed by atoms with Crippen molar-refractivity contribution in [3.63, 3.8) is 0 Å². The maximum Gasteiger partial charge on any atom is 0.119 e. The average Bonchev–Trinajstić information content (AvgIpc) is 3.73. The van der Waals surface area contributed by atoms with Gasteiger partial charge >= 0.3 is 0 Å². The number of halogens is 5. The van der Waals surface area contributed by atoms with E-state index in [0.717, 1.165) is 12.4 Å². The number of para-hydroxylation sites is 1. The fourth-order valence-electron chi connectivity index (χ4n) is 2.00. The van der Waals surface area contributed by atoms with Crippen LogP contribution in [0.4, 0.5) is 23.0 Å². The van der Waals surface area contributed by atoms with E-state index in [4.69, 9.17) is 27.8 Å². The molecule has 0 saturated carbocycles. The molecule has 1 aliphatic heterocycles.